The highest BCUT2D eigenvalue weighted by Crippen LogP contribution is 2.22. The molecule has 1 aromatic heterocycles. The lowest BCUT2D eigenvalue weighted by molar-refractivity contribution is -0.144. The molecule has 1 heterocycles. The minimum atomic E-state index is -4.33. The van der Waals surface area contributed by atoms with Crippen molar-refractivity contribution in [2.75, 3.05) is 0 Å². The summed E-state index contributed by atoms with van der Waals surface area (Å²) in [6.45, 7) is 0. The summed E-state index contributed by atoms with van der Waals surface area (Å²) in [5, 5.41) is 9.67. The second-order valence-electron chi connectivity index (χ2n) is 6.76. The fourth-order valence-corrected chi connectivity index (χ4v) is 3.20. The van der Waals surface area contributed by atoms with E-state index in [1.165, 1.54) is 0 Å². The number of hydrogen-bond acceptors (Lipinski definition) is 3. The number of rotatable bonds is 7. The minimum absolute atomic E-state index is 0.0595. The molecular formula is C17H25F3N4O2. The number of aryl methyl sites for hydroxylation is 2. The van der Waals surface area contributed by atoms with Crippen LogP contribution in [0, 0.1) is 0 Å². The van der Waals surface area contributed by atoms with Crippen LogP contribution in [0.5, 0.6) is 0 Å². The van der Waals surface area contributed by atoms with Crippen molar-refractivity contribution in [3.63, 3.8) is 0 Å². The zero-order chi connectivity index (χ0) is 19.2. The highest BCUT2D eigenvalue weighted by molar-refractivity contribution is 5.77. The number of hydrogen-bond donors (Lipinski definition) is 2. The van der Waals surface area contributed by atoms with Crippen molar-refractivity contribution < 1.29 is 22.8 Å². The highest BCUT2D eigenvalue weighted by atomic mass is 19.4. The lowest BCUT2D eigenvalue weighted by atomic mass is 9.90. The number of halogens is 3. The Hall–Kier alpha value is -2.06. The van der Waals surface area contributed by atoms with Gasteiger partial charge in [-0.25, -0.2) is 0 Å². The SMILES string of the molecule is Cn1nccc1CCC(=O)N[C@@H]1CCC[C@H](NC(=O)CCC(F)(F)F)C1. The first-order chi connectivity index (χ1) is 12.2. The molecule has 1 aliphatic rings. The molecule has 26 heavy (non-hydrogen) atoms. The molecule has 0 bridgehead atoms. The predicted molar refractivity (Wildman–Crippen MR) is 89.1 cm³/mol. The number of aromatic nitrogens is 2. The Labute approximate surface area is 150 Å². The zero-order valence-corrected chi connectivity index (χ0v) is 14.8. The van der Waals surface area contributed by atoms with Crippen molar-refractivity contribution >= 4 is 11.8 Å². The van der Waals surface area contributed by atoms with Crippen LogP contribution in [-0.2, 0) is 23.1 Å². The van der Waals surface area contributed by atoms with E-state index in [4.69, 9.17) is 0 Å². The summed E-state index contributed by atoms with van der Waals surface area (Å²) in [6, 6.07) is 1.61. The Balaban J connectivity index is 1.71. The Morgan fingerprint density at radius 1 is 1.19 bits per heavy atom. The molecule has 0 saturated heterocycles. The van der Waals surface area contributed by atoms with E-state index in [9.17, 15) is 22.8 Å². The molecule has 2 N–H and O–H groups in total. The molecule has 1 aromatic rings. The van der Waals surface area contributed by atoms with Gasteiger partial charge in [-0.15, -0.1) is 0 Å². The molecule has 0 aliphatic heterocycles. The van der Waals surface area contributed by atoms with E-state index >= 15 is 0 Å². The van der Waals surface area contributed by atoms with Gasteiger partial charge in [-0.05, 0) is 38.2 Å². The molecule has 0 radical (unpaired) electrons. The van der Waals surface area contributed by atoms with Gasteiger partial charge in [-0.2, -0.15) is 18.3 Å². The Bertz CT molecular complexity index is 615. The quantitative estimate of drug-likeness (QED) is 0.769. The first kappa shape index (κ1) is 20.3. The zero-order valence-electron chi connectivity index (χ0n) is 14.8. The maximum atomic E-state index is 12.2. The van der Waals surface area contributed by atoms with E-state index in [2.05, 4.69) is 15.7 Å². The normalized spacial score (nSPS) is 20.6. The summed E-state index contributed by atoms with van der Waals surface area (Å²) < 4.78 is 38.2. The monoisotopic (exact) mass is 374 g/mol. The number of nitrogens with one attached hydrogen (secondary N) is 2. The van der Waals surface area contributed by atoms with E-state index in [1.54, 1.807) is 10.9 Å². The summed E-state index contributed by atoms with van der Waals surface area (Å²) in [6.07, 6.45) is -0.473. The van der Waals surface area contributed by atoms with Gasteiger partial charge in [0.1, 0.15) is 0 Å². The second-order valence-corrected chi connectivity index (χ2v) is 6.76. The molecule has 0 aromatic carbocycles. The molecule has 6 nitrogen and oxygen atoms in total. The average molecular weight is 374 g/mol. The molecule has 1 saturated carbocycles. The first-order valence-corrected chi connectivity index (χ1v) is 8.85. The maximum absolute atomic E-state index is 12.2. The molecule has 2 atom stereocenters. The molecule has 9 heteroatoms. The molecule has 146 valence electrons. The third-order valence-corrected chi connectivity index (χ3v) is 4.57. The molecule has 1 aliphatic carbocycles. The van der Waals surface area contributed by atoms with Gasteiger partial charge in [0.15, 0.2) is 0 Å². The number of alkyl halides is 3. The number of carbonyl (C=O) groups excluding carboxylic acids is 2. The van der Waals surface area contributed by atoms with Crippen LogP contribution in [0.3, 0.4) is 0 Å². The van der Waals surface area contributed by atoms with E-state index in [0.717, 1.165) is 25.0 Å². The van der Waals surface area contributed by atoms with Gasteiger partial charge in [0, 0.05) is 43.9 Å². The molecular weight excluding hydrogens is 349 g/mol. The summed E-state index contributed by atoms with van der Waals surface area (Å²) in [5.41, 5.74) is 0.971. The predicted octanol–water partition coefficient (Wildman–Crippen LogP) is 2.24. The molecule has 2 rings (SSSR count). The minimum Gasteiger partial charge on any atom is -0.353 e. The topological polar surface area (TPSA) is 76.0 Å². The summed E-state index contributed by atoms with van der Waals surface area (Å²) in [7, 11) is 1.82. The van der Waals surface area contributed by atoms with Crippen molar-refractivity contribution in [1.82, 2.24) is 20.4 Å². The van der Waals surface area contributed by atoms with Gasteiger partial charge in [0.25, 0.3) is 0 Å². The number of nitrogens with zero attached hydrogens (tertiary/aromatic N) is 2. The fraction of sp³-hybridized carbons (Fsp3) is 0.706. The third-order valence-electron chi connectivity index (χ3n) is 4.57. The molecule has 0 unspecified atom stereocenters. The fourth-order valence-electron chi connectivity index (χ4n) is 3.20. The van der Waals surface area contributed by atoms with E-state index in [0.29, 0.717) is 19.3 Å². The highest BCUT2D eigenvalue weighted by Gasteiger charge is 2.29. The molecule has 0 spiro atoms. The van der Waals surface area contributed by atoms with Crippen LogP contribution in [0.2, 0.25) is 0 Å². The molecule has 1 fully saturated rings. The van der Waals surface area contributed by atoms with Crippen LogP contribution < -0.4 is 10.6 Å². The lowest BCUT2D eigenvalue weighted by Gasteiger charge is -2.30. The van der Waals surface area contributed by atoms with Crippen LogP contribution in [0.15, 0.2) is 12.3 Å². The van der Waals surface area contributed by atoms with Crippen LogP contribution >= 0.6 is 0 Å². The summed E-state index contributed by atoms with van der Waals surface area (Å²) >= 11 is 0. The molecule has 2 amide bonds. The third kappa shape index (κ3) is 7.05. The summed E-state index contributed by atoms with van der Waals surface area (Å²) in [4.78, 5) is 23.8. The van der Waals surface area contributed by atoms with Crippen molar-refractivity contribution in [3.05, 3.63) is 18.0 Å². The van der Waals surface area contributed by atoms with Gasteiger partial charge in [-0.3, -0.25) is 14.3 Å². The van der Waals surface area contributed by atoms with Crippen LogP contribution in [0.25, 0.3) is 0 Å². The van der Waals surface area contributed by atoms with E-state index in [1.807, 2.05) is 13.1 Å². The standard InChI is InChI=1S/C17H25F3N4O2/c1-24-14(8-10-21-24)5-6-15(25)22-12-3-2-4-13(11-12)23-16(26)7-9-17(18,19)20/h8,10,12-13H,2-7,9,11H2,1H3,(H,22,25)(H,23,26)/t12-,13+/m1/s1. The van der Waals surface area contributed by atoms with Crippen molar-refractivity contribution in [1.29, 1.82) is 0 Å². The Kier molecular flexibility index (Phi) is 7.05. The lowest BCUT2D eigenvalue weighted by Crippen LogP contribution is -2.46. The number of amides is 2. The van der Waals surface area contributed by atoms with Crippen LogP contribution in [0.4, 0.5) is 13.2 Å². The summed E-state index contributed by atoms with van der Waals surface area (Å²) in [5.74, 6) is -0.657. The van der Waals surface area contributed by atoms with Gasteiger partial charge in [0.2, 0.25) is 11.8 Å². The largest absolute Gasteiger partial charge is 0.389 e. The van der Waals surface area contributed by atoms with Crippen LogP contribution in [0.1, 0.15) is 50.6 Å². The maximum Gasteiger partial charge on any atom is 0.389 e. The van der Waals surface area contributed by atoms with Crippen LogP contribution in [-0.4, -0.2) is 39.9 Å². The number of carbonyl (C=O) groups is 2. The van der Waals surface area contributed by atoms with Gasteiger partial charge >= 0.3 is 6.18 Å². The first-order valence-electron chi connectivity index (χ1n) is 8.85. The van der Waals surface area contributed by atoms with Gasteiger partial charge < -0.3 is 10.6 Å². The smallest absolute Gasteiger partial charge is 0.353 e. The van der Waals surface area contributed by atoms with E-state index in [-0.39, 0.29) is 18.0 Å². The van der Waals surface area contributed by atoms with Gasteiger partial charge in [0.05, 0.1) is 6.42 Å². The van der Waals surface area contributed by atoms with Crippen molar-refractivity contribution in [2.45, 2.75) is 69.6 Å². The van der Waals surface area contributed by atoms with Gasteiger partial charge in [-0.1, -0.05) is 0 Å². The van der Waals surface area contributed by atoms with Crippen molar-refractivity contribution in [3.8, 4) is 0 Å². The average Bonchev–Trinajstić information content (AvgIpc) is 2.96. The second kappa shape index (κ2) is 9.05. The van der Waals surface area contributed by atoms with Crippen molar-refractivity contribution in [2.24, 2.45) is 7.05 Å². The Morgan fingerprint density at radius 3 is 2.35 bits per heavy atom. The Morgan fingerprint density at radius 2 is 1.81 bits per heavy atom. The van der Waals surface area contributed by atoms with E-state index < -0.39 is 24.9 Å².